The molecular weight excluding hydrogens is 180 g/mol. The average molecular weight is 187 g/mol. The zero-order valence-electron chi connectivity index (χ0n) is 6.15. The van der Waals surface area contributed by atoms with E-state index in [4.69, 9.17) is 9.47 Å². The molecule has 0 amide bonds. The number of rotatable bonds is 1. The van der Waals surface area contributed by atoms with Crippen molar-refractivity contribution in [2.75, 3.05) is 6.79 Å². The van der Waals surface area contributed by atoms with Gasteiger partial charge in [0.15, 0.2) is 11.5 Å². The van der Waals surface area contributed by atoms with E-state index in [0.717, 1.165) is 6.29 Å². The van der Waals surface area contributed by atoms with Gasteiger partial charge < -0.3 is 9.47 Å². The number of hydrogen-bond donors (Lipinski definition) is 0. The highest BCUT2D eigenvalue weighted by atomic mass is 35.5. The van der Waals surface area contributed by atoms with Crippen LogP contribution in [0.15, 0.2) is 18.2 Å². The summed E-state index contributed by atoms with van der Waals surface area (Å²) in [5.74, 6) is 1.35. The van der Waals surface area contributed by atoms with Gasteiger partial charge in [0, 0.05) is 5.56 Å². The van der Waals surface area contributed by atoms with Crippen molar-refractivity contribution in [3.8, 4) is 11.5 Å². The second-order valence-electron chi connectivity index (χ2n) is 2.23. The lowest BCUT2D eigenvalue weighted by Crippen LogP contribution is -1.92. The van der Waals surface area contributed by atoms with Crippen molar-refractivity contribution in [3.05, 3.63) is 23.8 Å². The number of fused-ring (bicyclic) bond motifs is 1. The van der Waals surface area contributed by atoms with Crippen LogP contribution >= 0.6 is 12.4 Å². The van der Waals surface area contributed by atoms with Crippen molar-refractivity contribution in [2.24, 2.45) is 0 Å². The Bertz CT molecular complexity index is 298. The first kappa shape index (κ1) is 8.87. The minimum Gasteiger partial charge on any atom is -0.454 e. The maximum Gasteiger partial charge on any atom is 0.231 e. The van der Waals surface area contributed by atoms with Gasteiger partial charge in [0.05, 0.1) is 0 Å². The van der Waals surface area contributed by atoms with Gasteiger partial charge in [-0.3, -0.25) is 4.79 Å². The van der Waals surface area contributed by atoms with Crippen molar-refractivity contribution in [1.29, 1.82) is 0 Å². The van der Waals surface area contributed by atoms with E-state index in [1.54, 1.807) is 18.2 Å². The molecule has 0 atom stereocenters. The van der Waals surface area contributed by atoms with Crippen LogP contribution in [0.4, 0.5) is 0 Å². The summed E-state index contributed by atoms with van der Waals surface area (Å²) >= 11 is 0. The monoisotopic (exact) mass is 186 g/mol. The molecule has 0 spiro atoms. The highest BCUT2D eigenvalue weighted by molar-refractivity contribution is 5.85. The van der Waals surface area contributed by atoms with Crippen LogP contribution in [0.2, 0.25) is 0 Å². The van der Waals surface area contributed by atoms with E-state index < -0.39 is 0 Å². The van der Waals surface area contributed by atoms with Crippen molar-refractivity contribution in [2.45, 2.75) is 0 Å². The van der Waals surface area contributed by atoms with Crippen LogP contribution in [0.3, 0.4) is 0 Å². The Labute approximate surface area is 75.7 Å². The number of carbonyl (C=O) groups is 1. The molecule has 0 aliphatic carbocycles. The molecule has 0 radical (unpaired) electrons. The Morgan fingerprint density at radius 3 is 2.75 bits per heavy atom. The summed E-state index contributed by atoms with van der Waals surface area (Å²) < 4.78 is 10.1. The van der Waals surface area contributed by atoms with E-state index >= 15 is 0 Å². The normalized spacial score (nSPS) is 12.0. The summed E-state index contributed by atoms with van der Waals surface area (Å²) in [5, 5.41) is 0. The first-order chi connectivity index (χ1) is 5.40. The van der Waals surface area contributed by atoms with Crippen LogP contribution < -0.4 is 9.47 Å². The van der Waals surface area contributed by atoms with E-state index in [9.17, 15) is 4.79 Å². The van der Waals surface area contributed by atoms with Gasteiger partial charge in [0.25, 0.3) is 0 Å². The second-order valence-corrected chi connectivity index (χ2v) is 2.23. The lowest BCUT2D eigenvalue weighted by Gasteiger charge is -1.94. The lowest BCUT2D eigenvalue weighted by molar-refractivity contribution is 0.112. The molecule has 1 aliphatic heterocycles. The van der Waals surface area contributed by atoms with Crippen LogP contribution in [0.1, 0.15) is 10.4 Å². The third-order valence-corrected chi connectivity index (χ3v) is 1.53. The van der Waals surface area contributed by atoms with Gasteiger partial charge in [0.1, 0.15) is 6.29 Å². The van der Waals surface area contributed by atoms with Gasteiger partial charge in [-0.25, -0.2) is 0 Å². The largest absolute Gasteiger partial charge is 0.454 e. The maximum atomic E-state index is 10.3. The minimum atomic E-state index is 0. The molecule has 0 saturated carbocycles. The molecule has 1 aromatic carbocycles. The first-order valence-electron chi connectivity index (χ1n) is 3.25. The highest BCUT2D eigenvalue weighted by Crippen LogP contribution is 2.31. The summed E-state index contributed by atoms with van der Waals surface area (Å²) in [6.07, 6.45) is 0.780. The van der Waals surface area contributed by atoms with E-state index in [2.05, 4.69) is 0 Å². The number of benzene rings is 1. The standard InChI is InChI=1S/C8H6O3.ClH/c9-4-6-1-2-7-8(3-6)11-5-10-7;/h1-4H,5H2;1H. The van der Waals surface area contributed by atoms with Crippen LogP contribution in [0.5, 0.6) is 11.5 Å². The Morgan fingerprint density at radius 1 is 1.25 bits per heavy atom. The molecule has 0 unspecified atom stereocenters. The molecule has 3 nitrogen and oxygen atoms in total. The summed E-state index contributed by atoms with van der Waals surface area (Å²) in [7, 11) is 0. The Balaban J connectivity index is 0.000000720. The molecular formula is C8H7ClO3. The van der Waals surface area contributed by atoms with Gasteiger partial charge in [0.2, 0.25) is 6.79 Å². The third kappa shape index (κ3) is 1.36. The number of aldehydes is 1. The third-order valence-electron chi connectivity index (χ3n) is 1.53. The zero-order chi connectivity index (χ0) is 7.68. The van der Waals surface area contributed by atoms with Crippen molar-refractivity contribution in [3.63, 3.8) is 0 Å². The SMILES string of the molecule is Cl.O=Cc1ccc2c(c1)OCO2. The molecule has 0 aromatic heterocycles. The molecule has 0 bridgehead atoms. The van der Waals surface area contributed by atoms with E-state index in [1.165, 1.54) is 0 Å². The van der Waals surface area contributed by atoms with E-state index in [0.29, 0.717) is 17.1 Å². The predicted molar refractivity (Wildman–Crippen MR) is 45.2 cm³/mol. The van der Waals surface area contributed by atoms with E-state index in [1.807, 2.05) is 0 Å². The molecule has 0 N–H and O–H groups in total. The quantitative estimate of drug-likeness (QED) is 0.626. The fourth-order valence-electron chi connectivity index (χ4n) is 0.986. The molecule has 0 saturated heterocycles. The Kier molecular flexibility index (Phi) is 2.55. The fraction of sp³-hybridized carbons (Fsp3) is 0.125. The summed E-state index contributed by atoms with van der Waals surface area (Å²) in [4.78, 5) is 10.3. The Morgan fingerprint density at radius 2 is 2.00 bits per heavy atom. The smallest absolute Gasteiger partial charge is 0.231 e. The second kappa shape index (κ2) is 3.45. The predicted octanol–water partition coefficient (Wildman–Crippen LogP) is 1.65. The lowest BCUT2D eigenvalue weighted by atomic mass is 10.2. The van der Waals surface area contributed by atoms with Gasteiger partial charge in [-0.2, -0.15) is 0 Å². The van der Waals surface area contributed by atoms with Gasteiger partial charge in [-0.15, -0.1) is 12.4 Å². The van der Waals surface area contributed by atoms with Crippen molar-refractivity contribution in [1.82, 2.24) is 0 Å². The first-order valence-corrected chi connectivity index (χ1v) is 3.25. The highest BCUT2D eigenvalue weighted by Gasteiger charge is 2.12. The van der Waals surface area contributed by atoms with Crippen LogP contribution in [-0.2, 0) is 0 Å². The number of hydrogen-bond acceptors (Lipinski definition) is 3. The van der Waals surface area contributed by atoms with Crippen LogP contribution in [-0.4, -0.2) is 13.1 Å². The summed E-state index contributed by atoms with van der Waals surface area (Å²) in [6.45, 7) is 0.248. The van der Waals surface area contributed by atoms with Gasteiger partial charge >= 0.3 is 0 Å². The number of carbonyl (C=O) groups excluding carboxylic acids is 1. The fourth-order valence-corrected chi connectivity index (χ4v) is 0.986. The molecule has 4 heteroatoms. The van der Waals surface area contributed by atoms with Gasteiger partial charge in [-0.1, -0.05) is 0 Å². The molecule has 12 heavy (non-hydrogen) atoms. The molecule has 1 aliphatic rings. The van der Waals surface area contributed by atoms with Crippen LogP contribution in [0, 0.1) is 0 Å². The topological polar surface area (TPSA) is 35.5 Å². The summed E-state index contributed by atoms with van der Waals surface area (Å²) in [6, 6.07) is 5.09. The molecule has 2 rings (SSSR count). The van der Waals surface area contributed by atoms with Crippen molar-refractivity contribution < 1.29 is 14.3 Å². The minimum absolute atomic E-state index is 0. The van der Waals surface area contributed by atoms with Gasteiger partial charge in [-0.05, 0) is 18.2 Å². The number of ether oxygens (including phenoxy) is 2. The van der Waals surface area contributed by atoms with Crippen LogP contribution in [0.25, 0.3) is 0 Å². The molecule has 1 aromatic rings. The molecule has 1 heterocycles. The van der Waals surface area contributed by atoms with Crippen molar-refractivity contribution >= 4 is 18.7 Å². The molecule has 0 fully saturated rings. The Hall–Kier alpha value is -1.22. The summed E-state index contributed by atoms with van der Waals surface area (Å²) in [5.41, 5.74) is 0.606. The van der Waals surface area contributed by atoms with E-state index in [-0.39, 0.29) is 19.2 Å². The maximum absolute atomic E-state index is 10.3. The number of halogens is 1. The average Bonchev–Trinajstić information content (AvgIpc) is 2.50. The zero-order valence-corrected chi connectivity index (χ0v) is 6.97. The molecule has 64 valence electrons.